The molecule has 0 aliphatic heterocycles. The van der Waals surface area contributed by atoms with Crippen LogP contribution in [0.25, 0.3) is 0 Å². The number of aliphatic carboxylic acids is 1. The first kappa shape index (κ1) is 17.7. The van der Waals surface area contributed by atoms with Gasteiger partial charge < -0.3 is 15.7 Å². The first-order chi connectivity index (χ1) is 10.2. The fourth-order valence-electron chi connectivity index (χ4n) is 1.67. The van der Waals surface area contributed by atoms with E-state index in [1.54, 1.807) is 0 Å². The van der Waals surface area contributed by atoms with Gasteiger partial charge >= 0.3 is 18.2 Å². The van der Waals surface area contributed by atoms with Gasteiger partial charge in [0, 0.05) is 6.54 Å². The summed E-state index contributed by atoms with van der Waals surface area (Å²) < 4.78 is 50.5. The lowest BCUT2D eigenvalue weighted by Gasteiger charge is -2.21. The van der Waals surface area contributed by atoms with E-state index in [1.165, 1.54) is 0 Å². The van der Waals surface area contributed by atoms with Crippen molar-refractivity contribution in [2.45, 2.75) is 25.1 Å². The van der Waals surface area contributed by atoms with E-state index in [0.717, 1.165) is 24.3 Å². The van der Waals surface area contributed by atoms with Crippen LogP contribution < -0.4 is 10.6 Å². The number of carboxylic acid groups (broad SMARTS) is 1. The van der Waals surface area contributed by atoms with Crippen molar-refractivity contribution in [3.63, 3.8) is 0 Å². The van der Waals surface area contributed by atoms with E-state index < -0.39 is 36.5 Å². The maximum atomic E-state index is 12.8. The number of hydrogen-bond donors (Lipinski definition) is 3. The van der Waals surface area contributed by atoms with Crippen molar-refractivity contribution in [3.05, 3.63) is 35.6 Å². The molecule has 0 heterocycles. The Morgan fingerprint density at radius 1 is 1.18 bits per heavy atom. The monoisotopic (exact) mass is 322 g/mol. The molecule has 0 bridgehead atoms. The molecule has 1 atom stereocenters. The topological polar surface area (TPSA) is 78.4 Å². The quantitative estimate of drug-likeness (QED) is 0.705. The summed E-state index contributed by atoms with van der Waals surface area (Å²) in [7, 11) is 0. The maximum Gasteiger partial charge on any atom is 0.391 e. The van der Waals surface area contributed by atoms with Gasteiger partial charge in [0.1, 0.15) is 5.82 Å². The normalized spacial score (nSPS) is 12.5. The molecule has 0 fully saturated rings. The fourth-order valence-corrected chi connectivity index (χ4v) is 1.67. The highest BCUT2D eigenvalue weighted by atomic mass is 19.4. The van der Waals surface area contributed by atoms with Gasteiger partial charge in [-0.05, 0) is 17.7 Å². The highest BCUT2D eigenvalue weighted by molar-refractivity contribution is 5.75. The molecule has 0 aliphatic carbocycles. The molecule has 0 spiro atoms. The highest BCUT2D eigenvalue weighted by Crippen LogP contribution is 2.29. The van der Waals surface area contributed by atoms with Gasteiger partial charge in [-0.1, -0.05) is 12.1 Å². The van der Waals surface area contributed by atoms with Crippen LogP contribution in [0.2, 0.25) is 0 Å². The van der Waals surface area contributed by atoms with E-state index in [9.17, 15) is 27.2 Å². The van der Waals surface area contributed by atoms with Gasteiger partial charge in [0.05, 0.1) is 18.9 Å². The minimum atomic E-state index is -4.53. The standard InChI is InChI=1S/C13H14F4N2O3/c14-9-3-1-8(2-4-9)10(7-13(15,16)17)19-12(22)18-6-5-11(20)21/h1-4,10H,5-7H2,(H,20,21)(H2,18,19,22). The van der Waals surface area contributed by atoms with Gasteiger partial charge in [0.2, 0.25) is 0 Å². The molecular formula is C13H14F4N2O3. The number of urea groups is 1. The van der Waals surface area contributed by atoms with E-state index in [1.807, 2.05) is 0 Å². The zero-order valence-corrected chi connectivity index (χ0v) is 11.3. The molecule has 9 heteroatoms. The number of hydrogen-bond acceptors (Lipinski definition) is 2. The molecule has 1 aromatic rings. The Bertz CT molecular complexity index is 517. The summed E-state index contributed by atoms with van der Waals surface area (Å²) in [5.74, 6) is -1.76. The van der Waals surface area contributed by atoms with Crippen LogP contribution in [0.15, 0.2) is 24.3 Å². The molecule has 22 heavy (non-hydrogen) atoms. The maximum absolute atomic E-state index is 12.8. The smallest absolute Gasteiger partial charge is 0.391 e. The third-order valence-electron chi connectivity index (χ3n) is 2.64. The Hall–Kier alpha value is -2.32. The van der Waals surface area contributed by atoms with Crippen LogP contribution >= 0.6 is 0 Å². The largest absolute Gasteiger partial charge is 0.481 e. The predicted molar refractivity (Wildman–Crippen MR) is 68.6 cm³/mol. The lowest BCUT2D eigenvalue weighted by atomic mass is 10.0. The minimum Gasteiger partial charge on any atom is -0.481 e. The second-order valence-electron chi connectivity index (χ2n) is 4.47. The zero-order chi connectivity index (χ0) is 16.8. The third-order valence-corrected chi connectivity index (χ3v) is 2.64. The predicted octanol–water partition coefficient (Wildman–Crippen LogP) is 2.59. The SMILES string of the molecule is O=C(O)CCNC(=O)NC(CC(F)(F)F)c1ccc(F)cc1. The van der Waals surface area contributed by atoms with Crippen LogP contribution in [0.5, 0.6) is 0 Å². The number of carbonyl (C=O) groups is 2. The molecule has 0 radical (unpaired) electrons. The van der Waals surface area contributed by atoms with Crippen LogP contribution in [0.4, 0.5) is 22.4 Å². The fraction of sp³-hybridized carbons (Fsp3) is 0.385. The number of benzene rings is 1. The Morgan fingerprint density at radius 3 is 2.27 bits per heavy atom. The molecule has 1 rings (SSSR count). The van der Waals surface area contributed by atoms with E-state index in [-0.39, 0.29) is 18.5 Å². The van der Waals surface area contributed by atoms with Crippen LogP contribution in [0.3, 0.4) is 0 Å². The van der Waals surface area contributed by atoms with E-state index >= 15 is 0 Å². The Labute approximate surface area is 123 Å². The molecule has 5 nitrogen and oxygen atoms in total. The third kappa shape index (κ3) is 6.91. The van der Waals surface area contributed by atoms with Crippen LogP contribution in [0.1, 0.15) is 24.4 Å². The van der Waals surface area contributed by atoms with Crippen LogP contribution in [-0.4, -0.2) is 29.8 Å². The molecule has 1 unspecified atom stereocenters. The zero-order valence-electron chi connectivity index (χ0n) is 11.3. The van der Waals surface area contributed by atoms with Crippen LogP contribution in [-0.2, 0) is 4.79 Å². The number of nitrogens with one attached hydrogen (secondary N) is 2. The molecule has 0 aromatic heterocycles. The summed E-state index contributed by atoms with van der Waals surface area (Å²) in [6.07, 6.45) is -6.22. The number of rotatable bonds is 6. The van der Waals surface area contributed by atoms with E-state index in [2.05, 4.69) is 10.6 Å². The molecule has 0 aliphatic rings. The Balaban J connectivity index is 2.72. The summed E-state index contributed by atoms with van der Waals surface area (Å²) in [6, 6.07) is 1.93. The van der Waals surface area contributed by atoms with Gasteiger partial charge in [-0.3, -0.25) is 4.79 Å². The summed E-state index contributed by atoms with van der Waals surface area (Å²) in [4.78, 5) is 21.8. The summed E-state index contributed by atoms with van der Waals surface area (Å²) in [5.41, 5.74) is 0.0899. The number of carbonyl (C=O) groups excluding carboxylic acids is 1. The van der Waals surface area contributed by atoms with Crippen molar-refractivity contribution in [2.75, 3.05) is 6.54 Å². The van der Waals surface area contributed by atoms with Gasteiger partial charge in [-0.15, -0.1) is 0 Å². The molecule has 122 valence electrons. The van der Waals surface area contributed by atoms with E-state index in [0.29, 0.717) is 0 Å². The lowest BCUT2D eigenvalue weighted by molar-refractivity contribution is -0.139. The van der Waals surface area contributed by atoms with Crippen molar-refractivity contribution in [1.82, 2.24) is 10.6 Å². The molecular weight excluding hydrogens is 308 g/mol. The summed E-state index contributed by atoms with van der Waals surface area (Å²) in [5, 5.41) is 12.6. The van der Waals surface area contributed by atoms with Crippen molar-refractivity contribution >= 4 is 12.0 Å². The van der Waals surface area contributed by atoms with Crippen molar-refractivity contribution in [3.8, 4) is 0 Å². The van der Waals surface area contributed by atoms with Gasteiger partial charge in [0.25, 0.3) is 0 Å². The second-order valence-corrected chi connectivity index (χ2v) is 4.47. The summed E-state index contributed by atoms with van der Waals surface area (Å²) >= 11 is 0. The number of alkyl halides is 3. The van der Waals surface area contributed by atoms with Gasteiger partial charge in [0.15, 0.2) is 0 Å². The Morgan fingerprint density at radius 2 is 1.77 bits per heavy atom. The first-order valence-corrected chi connectivity index (χ1v) is 6.26. The number of carboxylic acids is 1. The van der Waals surface area contributed by atoms with Crippen LogP contribution in [0, 0.1) is 5.82 Å². The lowest BCUT2D eigenvalue weighted by Crippen LogP contribution is -2.40. The number of amides is 2. The average Bonchev–Trinajstić information content (AvgIpc) is 2.36. The van der Waals surface area contributed by atoms with Crippen molar-refractivity contribution in [2.24, 2.45) is 0 Å². The minimum absolute atomic E-state index is 0.0899. The summed E-state index contributed by atoms with van der Waals surface area (Å²) in [6.45, 7) is -0.219. The molecule has 3 N–H and O–H groups in total. The average molecular weight is 322 g/mol. The van der Waals surface area contributed by atoms with Gasteiger partial charge in [-0.2, -0.15) is 13.2 Å². The van der Waals surface area contributed by atoms with Crippen molar-refractivity contribution in [1.29, 1.82) is 0 Å². The van der Waals surface area contributed by atoms with Gasteiger partial charge in [-0.25, -0.2) is 9.18 Å². The highest BCUT2D eigenvalue weighted by Gasteiger charge is 2.33. The van der Waals surface area contributed by atoms with E-state index in [4.69, 9.17) is 5.11 Å². The number of halogens is 4. The first-order valence-electron chi connectivity index (χ1n) is 6.26. The molecule has 1 aromatic carbocycles. The molecule has 0 saturated carbocycles. The molecule has 2 amide bonds. The van der Waals surface area contributed by atoms with Crippen molar-refractivity contribution < 1.29 is 32.3 Å². The Kier molecular flexibility index (Phi) is 6.14. The molecule has 0 saturated heterocycles. The second kappa shape index (κ2) is 7.62.